The van der Waals surface area contributed by atoms with Crippen LogP contribution >= 0.6 is 0 Å². The molecule has 1 aromatic carbocycles. The van der Waals surface area contributed by atoms with Gasteiger partial charge in [0, 0.05) is 6.42 Å². The minimum Gasteiger partial charge on any atom is -0.480 e. The van der Waals surface area contributed by atoms with Gasteiger partial charge >= 0.3 is 5.97 Å². The number of aliphatic carboxylic acids is 1. The number of carboxylic acid groups (broad SMARTS) is 1. The quantitative estimate of drug-likeness (QED) is 0.452. The van der Waals surface area contributed by atoms with Crippen molar-refractivity contribution < 1.29 is 14.7 Å². The van der Waals surface area contributed by atoms with E-state index in [9.17, 15) is 9.59 Å². The Kier molecular flexibility index (Phi) is 4.30. The van der Waals surface area contributed by atoms with Gasteiger partial charge in [0.05, 0.1) is 0 Å². The lowest BCUT2D eigenvalue weighted by atomic mass is 10.1. The Balaban J connectivity index is 2.58. The highest BCUT2D eigenvalue weighted by molar-refractivity contribution is 5.74. The monoisotopic (exact) mass is 208 g/mol. The fourth-order valence-corrected chi connectivity index (χ4v) is 1.18. The zero-order valence-electron chi connectivity index (χ0n) is 8.01. The van der Waals surface area contributed by atoms with E-state index in [0.717, 1.165) is 5.56 Å². The van der Waals surface area contributed by atoms with Crippen LogP contribution in [0.4, 0.5) is 0 Å². The number of carboxylic acids is 1. The average Bonchev–Trinajstić information content (AvgIpc) is 2.25. The Morgan fingerprint density at radius 3 is 2.60 bits per heavy atom. The number of hydrogen-bond acceptors (Lipinski definition) is 3. The summed E-state index contributed by atoms with van der Waals surface area (Å²) < 4.78 is 0. The number of amides is 1. The summed E-state index contributed by atoms with van der Waals surface area (Å²) in [5.74, 6) is -1.01. The molecule has 0 spiro atoms. The van der Waals surface area contributed by atoms with E-state index in [0.29, 0.717) is 12.8 Å². The van der Waals surface area contributed by atoms with Crippen molar-refractivity contribution in [2.75, 3.05) is 0 Å². The summed E-state index contributed by atoms with van der Waals surface area (Å²) in [5, 5.41) is 8.84. The molecule has 0 heterocycles. The molecule has 0 saturated carbocycles. The van der Waals surface area contributed by atoms with Crippen LogP contribution < -0.4 is 10.9 Å². The van der Waals surface area contributed by atoms with Gasteiger partial charge in [-0.2, -0.15) is 0 Å². The lowest BCUT2D eigenvalue weighted by Gasteiger charge is -2.12. The van der Waals surface area contributed by atoms with Crippen LogP contribution in [-0.2, 0) is 16.0 Å². The molecule has 0 fully saturated rings. The number of nitrogens with one attached hydrogen (secondary N) is 2. The molecule has 0 aliphatic rings. The lowest BCUT2D eigenvalue weighted by Crippen LogP contribution is -2.46. The Bertz CT molecular complexity index is 327. The van der Waals surface area contributed by atoms with Gasteiger partial charge in [0.25, 0.3) is 0 Å². The van der Waals surface area contributed by atoms with Crippen molar-refractivity contribution >= 4 is 12.4 Å². The average molecular weight is 208 g/mol. The highest BCUT2D eigenvalue weighted by Crippen LogP contribution is 2.02. The first-order chi connectivity index (χ1) is 7.24. The predicted molar refractivity (Wildman–Crippen MR) is 53.9 cm³/mol. The lowest BCUT2D eigenvalue weighted by molar-refractivity contribution is -0.139. The SMILES string of the molecule is O=CNN[C@@H](Cc1ccccc1)C(=O)O. The molecule has 0 aliphatic heterocycles. The summed E-state index contributed by atoms with van der Waals surface area (Å²) in [7, 11) is 0. The summed E-state index contributed by atoms with van der Waals surface area (Å²) in [6.07, 6.45) is 0.720. The molecule has 0 radical (unpaired) electrons. The fraction of sp³-hybridized carbons (Fsp3) is 0.200. The van der Waals surface area contributed by atoms with Crippen LogP contribution in [0.3, 0.4) is 0 Å². The second-order valence-corrected chi connectivity index (χ2v) is 2.99. The van der Waals surface area contributed by atoms with Crippen molar-refractivity contribution in [1.82, 2.24) is 10.9 Å². The molecule has 0 bridgehead atoms. The summed E-state index contributed by atoms with van der Waals surface area (Å²) in [4.78, 5) is 20.8. The molecule has 0 saturated heterocycles. The molecule has 1 aromatic rings. The van der Waals surface area contributed by atoms with Crippen LogP contribution in [0, 0.1) is 0 Å². The minimum absolute atomic E-state index is 0.316. The van der Waals surface area contributed by atoms with Crippen LogP contribution in [0.2, 0.25) is 0 Å². The van der Waals surface area contributed by atoms with Gasteiger partial charge in [-0.3, -0.25) is 15.0 Å². The Hall–Kier alpha value is -1.88. The first-order valence-electron chi connectivity index (χ1n) is 4.45. The van der Waals surface area contributed by atoms with E-state index < -0.39 is 12.0 Å². The molecule has 1 atom stereocenters. The van der Waals surface area contributed by atoms with Crippen molar-refractivity contribution in [3.8, 4) is 0 Å². The van der Waals surface area contributed by atoms with Crippen LogP contribution in [0.15, 0.2) is 30.3 Å². The van der Waals surface area contributed by atoms with Gasteiger partial charge in [0.15, 0.2) is 0 Å². The Labute approximate surface area is 87.1 Å². The van der Waals surface area contributed by atoms with Crippen LogP contribution in [0.5, 0.6) is 0 Å². The first kappa shape index (κ1) is 11.2. The van der Waals surface area contributed by atoms with Gasteiger partial charge in [-0.1, -0.05) is 30.3 Å². The number of carbonyl (C=O) groups excluding carboxylic acids is 1. The molecule has 0 aromatic heterocycles. The van der Waals surface area contributed by atoms with E-state index >= 15 is 0 Å². The third-order valence-electron chi connectivity index (χ3n) is 1.90. The van der Waals surface area contributed by atoms with Crippen LogP contribution in [0.25, 0.3) is 0 Å². The van der Waals surface area contributed by atoms with Gasteiger partial charge < -0.3 is 5.11 Å². The number of benzene rings is 1. The van der Waals surface area contributed by atoms with E-state index in [1.807, 2.05) is 30.3 Å². The molecule has 3 N–H and O–H groups in total. The molecular weight excluding hydrogens is 196 g/mol. The predicted octanol–water partition coefficient (Wildman–Crippen LogP) is -0.0671. The summed E-state index contributed by atoms with van der Waals surface area (Å²) >= 11 is 0. The van der Waals surface area contributed by atoms with Gasteiger partial charge in [-0.15, -0.1) is 0 Å². The van der Waals surface area contributed by atoms with Crippen molar-refractivity contribution in [2.45, 2.75) is 12.5 Å². The second kappa shape index (κ2) is 5.77. The zero-order chi connectivity index (χ0) is 11.1. The molecule has 1 rings (SSSR count). The van der Waals surface area contributed by atoms with Crippen molar-refractivity contribution in [2.24, 2.45) is 0 Å². The van der Waals surface area contributed by atoms with E-state index in [2.05, 4.69) is 10.9 Å². The molecule has 0 aliphatic carbocycles. The molecule has 1 amide bonds. The van der Waals surface area contributed by atoms with E-state index in [4.69, 9.17) is 5.11 Å². The summed E-state index contributed by atoms with van der Waals surface area (Å²) in [5.41, 5.74) is 5.43. The number of rotatable bonds is 6. The first-order valence-corrected chi connectivity index (χ1v) is 4.45. The molecule has 15 heavy (non-hydrogen) atoms. The van der Waals surface area contributed by atoms with E-state index in [-0.39, 0.29) is 0 Å². The number of hydrogen-bond donors (Lipinski definition) is 3. The Morgan fingerprint density at radius 2 is 2.07 bits per heavy atom. The van der Waals surface area contributed by atoms with Gasteiger partial charge in [0.2, 0.25) is 6.41 Å². The van der Waals surface area contributed by atoms with Crippen LogP contribution in [-0.4, -0.2) is 23.5 Å². The maximum Gasteiger partial charge on any atom is 0.322 e. The Morgan fingerprint density at radius 1 is 1.40 bits per heavy atom. The largest absolute Gasteiger partial charge is 0.480 e. The topological polar surface area (TPSA) is 78.4 Å². The molecule has 5 nitrogen and oxygen atoms in total. The highest BCUT2D eigenvalue weighted by Gasteiger charge is 2.16. The maximum atomic E-state index is 10.8. The third kappa shape index (κ3) is 3.78. The normalized spacial score (nSPS) is 11.7. The standard InChI is InChI=1S/C10H12N2O3/c13-7-11-12-9(10(14)15)6-8-4-2-1-3-5-8/h1-5,7,9,12H,6H2,(H,11,13)(H,14,15)/t9-/m0/s1. The smallest absolute Gasteiger partial charge is 0.322 e. The highest BCUT2D eigenvalue weighted by atomic mass is 16.4. The van der Waals surface area contributed by atoms with E-state index in [1.54, 1.807) is 0 Å². The minimum atomic E-state index is -1.01. The van der Waals surface area contributed by atoms with Crippen molar-refractivity contribution in [3.05, 3.63) is 35.9 Å². The maximum absolute atomic E-state index is 10.8. The van der Waals surface area contributed by atoms with Crippen molar-refractivity contribution in [1.29, 1.82) is 0 Å². The molecule has 0 unspecified atom stereocenters. The van der Waals surface area contributed by atoms with Gasteiger partial charge in [-0.25, -0.2) is 5.43 Å². The van der Waals surface area contributed by atoms with Crippen LogP contribution in [0.1, 0.15) is 5.56 Å². The van der Waals surface area contributed by atoms with Crippen molar-refractivity contribution in [3.63, 3.8) is 0 Å². The molecular formula is C10H12N2O3. The zero-order valence-corrected chi connectivity index (χ0v) is 8.01. The fourth-order valence-electron chi connectivity index (χ4n) is 1.18. The number of hydrazine groups is 1. The van der Waals surface area contributed by atoms with Gasteiger partial charge in [0.1, 0.15) is 6.04 Å². The van der Waals surface area contributed by atoms with Gasteiger partial charge in [-0.05, 0) is 5.56 Å². The second-order valence-electron chi connectivity index (χ2n) is 2.99. The number of carbonyl (C=O) groups is 2. The summed E-state index contributed by atoms with van der Waals surface area (Å²) in [6, 6.07) is 8.37. The summed E-state index contributed by atoms with van der Waals surface area (Å²) in [6.45, 7) is 0. The molecule has 80 valence electrons. The third-order valence-corrected chi connectivity index (χ3v) is 1.90. The van der Waals surface area contributed by atoms with E-state index in [1.165, 1.54) is 0 Å². The molecule has 5 heteroatoms.